The van der Waals surface area contributed by atoms with E-state index < -0.39 is 0 Å². The summed E-state index contributed by atoms with van der Waals surface area (Å²) in [6, 6.07) is 7.83. The van der Waals surface area contributed by atoms with Gasteiger partial charge in [0.25, 0.3) is 5.91 Å². The van der Waals surface area contributed by atoms with E-state index in [1.807, 2.05) is 24.3 Å². The maximum Gasteiger partial charge on any atom is 0.271 e. The van der Waals surface area contributed by atoms with Crippen LogP contribution in [-0.4, -0.2) is 35.1 Å². The van der Waals surface area contributed by atoms with Gasteiger partial charge in [0.2, 0.25) is 0 Å². The molecule has 6 nitrogen and oxygen atoms in total. The van der Waals surface area contributed by atoms with Crippen LogP contribution in [0.4, 0.5) is 0 Å². The Hall–Kier alpha value is -2.47. The normalized spacial score (nSPS) is 15.1. The van der Waals surface area contributed by atoms with Gasteiger partial charge in [0.15, 0.2) is 0 Å². The number of carbonyl (C=O) groups excluding carboxylic acids is 1. The molecule has 1 aliphatic heterocycles. The number of benzene rings is 1. The van der Waals surface area contributed by atoms with Crippen LogP contribution in [0.1, 0.15) is 28.9 Å². The predicted molar refractivity (Wildman–Crippen MR) is 86.2 cm³/mol. The zero-order valence-corrected chi connectivity index (χ0v) is 12.9. The molecule has 0 spiro atoms. The lowest BCUT2D eigenvalue weighted by Gasteiger charge is -2.23. The van der Waals surface area contributed by atoms with E-state index in [1.165, 1.54) is 18.6 Å². The lowest BCUT2D eigenvalue weighted by Crippen LogP contribution is -2.34. The molecule has 2 heterocycles. The monoisotopic (exact) mass is 312 g/mol. The largest absolute Gasteiger partial charge is 0.490 e. The molecule has 3 rings (SSSR count). The summed E-state index contributed by atoms with van der Waals surface area (Å²) in [5, 5.41) is 6.15. The molecule has 23 heavy (non-hydrogen) atoms. The molecule has 2 aromatic rings. The van der Waals surface area contributed by atoms with Crippen LogP contribution >= 0.6 is 0 Å². The quantitative estimate of drug-likeness (QED) is 0.876. The van der Waals surface area contributed by atoms with Crippen molar-refractivity contribution < 1.29 is 9.53 Å². The van der Waals surface area contributed by atoms with Gasteiger partial charge in [-0.1, -0.05) is 12.1 Å². The smallest absolute Gasteiger partial charge is 0.271 e. The van der Waals surface area contributed by atoms with E-state index in [1.54, 1.807) is 0 Å². The minimum Gasteiger partial charge on any atom is -0.490 e. The number of amides is 1. The summed E-state index contributed by atoms with van der Waals surface area (Å²) in [5.41, 5.74) is 1.33. The van der Waals surface area contributed by atoms with Crippen LogP contribution in [0.15, 0.2) is 42.9 Å². The number of piperidine rings is 1. The molecule has 0 radical (unpaired) electrons. The molecule has 1 saturated heterocycles. The number of rotatable bonds is 5. The Labute approximate surface area is 135 Å². The van der Waals surface area contributed by atoms with E-state index in [9.17, 15) is 4.79 Å². The van der Waals surface area contributed by atoms with Gasteiger partial charge >= 0.3 is 0 Å². The van der Waals surface area contributed by atoms with Gasteiger partial charge in [-0.2, -0.15) is 0 Å². The molecule has 0 saturated carbocycles. The third-order valence-electron chi connectivity index (χ3n) is 3.76. The number of hydrogen-bond acceptors (Lipinski definition) is 5. The first-order valence-corrected chi connectivity index (χ1v) is 7.82. The Bertz CT molecular complexity index is 625. The fourth-order valence-electron chi connectivity index (χ4n) is 2.48. The zero-order chi connectivity index (χ0) is 15.9. The van der Waals surface area contributed by atoms with Gasteiger partial charge in [0.1, 0.15) is 17.5 Å². The fraction of sp³-hybridized carbons (Fsp3) is 0.353. The molecule has 1 aromatic carbocycles. The third-order valence-corrected chi connectivity index (χ3v) is 3.76. The van der Waals surface area contributed by atoms with Crippen molar-refractivity contribution in [3.8, 4) is 5.75 Å². The van der Waals surface area contributed by atoms with Gasteiger partial charge in [-0.25, -0.2) is 4.98 Å². The van der Waals surface area contributed by atoms with Crippen molar-refractivity contribution in [1.82, 2.24) is 20.6 Å². The van der Waals surface area contributed by atoms with Crippen LogP contribution in [0.3, 0.4) is 0 Å². The molecule has 0 bridgehead atoms. The SMILES string of the molecule is O=C(NCc1ccc(OC2CCNCC2)cc1)c1cnccn1. The van der Waals surface area contributed by atoms with Crippen molar-refractivity contribution in [2.75, 3.05) is 13.1 Å². The van der Waals surface area contributed by atoms with E-state index in [-0.39, 0.29) is 5.91 Å². The zero-order valence-electron chi connectivity index (χ0n) is 12.9. The summed E-state index contributed by atoms with van der Waals surface area (Å²) in [5.74, 6) is 0.647. The third kappa shape index (κ3) is 4.50. The maximum absolute atomic E-state index is 11.9. The summed E-state index contributed by atoms with van der Waals surface area (Å²) in [6.07, 6.45) is 6.86. The van der Waals surface area contributed by atoms with Crippen molar-refractivity contribution in [2.24, 2.45) is 0 Å². The van der Waals surface area contributed by atoms with E-state index >= 15 is 0 Å². The first-order valence-electron chi connectivity index (χ1n) is 7.82. The highest BCUT2D eigenvalue weighted by atomic mass is 16.5. The van der Waals surface area contributed by atoms with Crippen LogP contribution in [0, 0.1) is 0 Å². The van der Waals surface area contributed by atoms with Crippen molar-refractivity contribution >= 4 is 5.91 Å². The summed E-state index contributed by atoms with van der Waals surface area (Å²) in [7, 11) is 0. The molecular formula is C17H20N4O2. The number of aromatic nitrogens is 2. The lowest BCUT2D eigenvalue weighted by molar-refractivity contribution is 0.0945. The number of nitrogens with zero attached hydrogens (tertiary/aromatic N) is 2. The van der Waals surface area contributed by atoms with Crippen molar-refractivity contribution in [2.45, 2.75) is 25.5 Å². The number of carbonyl (C=O) groups is 1. The van der Waals surface area contributed by atoms with E-state index in [4.69, 9.17) is 4.74 Å². The maximum atomic E-state index is 11.9. The van der Waals surface area contributed by atoms with Gasteiger partial charge in [0, 0.05) is 18.9 Å². The Kier molecular flexibility index (Phi) is 5.16. The Morgan fingerprint density at radius 2 is 2.00 bits per heavy atom. The van der Waals surface area contributed by atoms with Crippen LogP contribution < -0.4 is 15.4 Å². The molecule has 0 aliphatic carbocycles. The molecule has 1 aliphatic rings. The van der Waals surface area contributed by atoms with Gasteiger partial charge in [0.05, 0.1) is 6.20 Å². The first kappa shape index (κ1) is 15.4. The average molecular weight is 312 g/mol. The highest BCUT2D eigenvalue weighted by Gasteiger charge is 2.14. The van der Waals surface area contributed by atoms with Gasteiger partial charge in [-0.3, -0.25) is 9.78 Å². The lowest BCUT2D eigenvalue weighted by atomic mass is 10.1. The number of hydrogen-bond donors (Lipinski definition) is 2. The van der Waals surface area contributed by atoms with Crippen molar-refractivity contribution in [1.29, 1.82) is 0 Å². The first-order chi connectivity index (χ1) is 11.3. The highest BCUT2D eigenvalue weighted by Crippen LogP contribution is 2.17. The standard InChI is InChI=1S/C17H20N4O2/c22-17(16-12-19-9-10-20-16)21-11-13-1-3-14(4-2-13)23-15-5-7-18-8-6-15/h1-4,9-10,12,15,18H,5-8,11H2,(H,21,22). The summed E-state index contributed by atoms with van der Waals surface area (Å²) < 4.78 is 5.96. The Morgan fingerprint density at radius 1 is 1.22 bits per heavy atom. The van der Waals surface area contributed by atoms with Gasteiger partial charge in [-0.05, 0) is 43.6 Å². The highest BCUT2D eigenvalue weighted by molar-refractivity contribution is 5.91. The van der Waals surface area contributed by atoms with Crippen LogP contribution in [0.25, 0.3) is 0 Å². The van der Waals surface area contributed by atoms with E-state index in [0.29, 0.717) is 18.3 Å². The fourth-order valence-corrected chi connectivity index (χ4v) is 2.48. The minimum atomic E-state index is -0.229. The average Bonchev–Trinajstić information content (AvgIpc) is 2.62. The van der Waals surface area contributed by atoms with Crippen LogP contribution in [0.2, 0.25) is 0 Å². The molecule has 1 fully saturated rings. The summed E-state index contributed by atoms with van der Waals surface area (Å²) in [4.78, 5) is 19.8. The summed E-state index contributed by atoms with van der Waals surface area (Å²) >= 11 is 0. The second kappa shape index (κ2) is 7.69. The van der Waals surface area contributed by atoms with Gasteiger partial charge in [-0.15, -0.1) is 0 Å². The topological polar surface area (TPSA) is 76.1 Å². The molecule has 0 unspecified atom stereocenters. The Morgan fingerprint density at radius 3 is 2.70 bits per heavy atom. The molecular weight excluding hydrogens is 292 g/mol. The van der Waals surface area contributed by atoms with E-state index in [2.05, 4.69) is 20.6 Å². The summed E-state index contributed by atoms with van der Waals surface area (Å²) in [6.45, 7) is 2.47. The predicted octanol–water partition coefficient (Wildman–Crippen LogP) is 1.54. The minimum absolute atomic E-state index is 0.229. The number of nitrogens with one attached hydrogen (secondary N) is 2. The molecule has 1 amide bonds. The molecule has 1 aromatic heterocycles. The van der Waals surface area contributed by atoms with Crippen molar-refractivity contribution in [3.63, 3.8) is 0 Å². The Balaban J connectivity index is 1.50. The number of ether oxygens (including phenoxy) is 1. The van der Waals surface area contributed by atoms with Crippen molar-refractivity contribution in [3.05, 3.63) is 54.1 Å². The second-order valence-electron chi connectivity index (χ2n) is 5.48. The van der Waals surface area contributed by atoms with Crippen LogP contribution in [0.5, 0.6) is 5.75 Å². The van der Waals surface area contributed by atoms with Gasteiger partial charge < -0.3 is 15.4 Å². The molecule has 120 valence electrons. The molecule has 0 atom stereocenters. The molecule has 2 N–H and O–H groups in total. The molecule has 6 heteroatoms. The second-order valence-corrected chi connectivity index (χ2v) is 5.48. The van der Waals surface area contributed by atoms with Crippen LogP contribution in [-0.2, 0) is 6.54 Å². The van der Waals surface area contributed by atoms with E-state index in [0.717, 1.165) is 37.2 Å².